The molecule has 1 unspecified atom stereocenters. The Morgan fingerprint density at radius 1 is 1.57 bits per heavy atom. The molecule has 1 heterocycles. The van der Waals surface area contributed by atoms with Crippen LogP contribution in [0, 0.1) is 0 Å². The van der Waals surface area contributed by atoms with E-state index in [0.29, 0.717) is 17.1 Å². The molecule has 0 aliphatic heterocycles. The Hall–Kier alpha value is -0.820. The molecule has 1 aliphatic rings. The zero-order valence-corrected chi connectivity index (χ0v) is 14.0. The molecular weight excluding hydrogens is 310 g/mol. The van der Waals surface area contributed by atoms with Crippen molar-refractivity contribution in [2.24, 2.45) is 5.73 Å². The van der Waals surface area contributed by atoms with E-state index in [1.807, 2.05) is 20.8 Å². The minimum Gasteiger partial charge on any atom is -0.598 e. The number of aromatic nitrogens is 1. The molecule has 0 fully saturated rings. The van der Waals surface area contributed by atoms with Gasteiger partial charge in [-0.2, -0.15) is 0 Å². The van der Waals surface area contributed by atoms with Crippen molar-refractivity contribution in [2.45, 2.75) is 50.3 Å². The largest absolute Gasteiger partial charge is 0.598 e. The van der Waals surface area contributed by atoms with E-state index in [1.54, 1.807) is 12.3 Å². The van der Waals surface area contributed by atoms with Gasteiger partial charge in [-0.3, -0.25) is 4.79 Å². The number of nitrogens with zero attached hydrogens (tertiary/aromatic N) is 1. The predicted octanol–water partition coefficient (Wildman–Crippen LogP) is 1.80. The molecule has 1 aliphatic carbocycles. The highest BCUT2D eigenvalue weighted by molar-refractivity contribution is 7.90. The molecular formula is C14H20ClN3O2S. The molecule has 0 spiro atoms. The third-order valence-electron chi connectivity index (χ3n) is 3.66. The molecule has 0 bridgehead atoms. The molecule has 0 aromatic carbocycles. The van der Waals surface area contributed by atoms with Crippen LogP contribution in [0.5, 0.6) is 0 Å². The zero-order chi connectivity index (χ0) is 15.8. The SMILES string of the molecule is CC(C)(C)[S@+]([O-])NC1(C(N)=O)CCCc2cc(Cl)ncc21. The van der Waals surface area contributed by atoms with E-state index in [0.717, 1.165) is 18.4 Å². The van der Waals surface area contributed by atoms with Gasteiger partial charge in [0.1, 0.15) is 9.90 Å². The lowest BCUT2D eigenvalue weighted by molar-refractivity contribution is -0.124. The van der Waals surface area contributed by atoms with Gasteiger partial charge in [0.15, 0.2) is 5.54 Å². The normalized spacial score (nSPS) is 23.5. The summed E-state index contributed by atoms with van der Waals surface area (Å²) in [4.78, 5) is 16.2. The van der Waals surface area contributed by atoms with Crippen LogP contribution in [-0.4, -0.2) is 20.2 Å². The average Bonchev–Trinajstić information content (AvgIpc) is 2.36. The summed E-state index contributed by atoms with van der Waals surface area (Å²) in [5, 5.41) is 0.381. The number of primary amides is 1. The topological polar surface area (TPSA) is 91.1 Å². The van der Waals surface area contributed by atoms with Crippen molar-refractivity contribution in [3.8, 4) is 0 Å². The van der Waals surface area contributed by atoms with E-state index in [4.69, 9.17) is 17.3 Å². The highest BCUT2D eigenvalue weighted by Crippen LogP contribution is 2.37. The number of carbonyl (C=O) groups excluding carboxylic acids is 1. The summed E-state index contributed by atoms with van der Waals surface area (Å²) in [7, 11) is 0. The van der Waals surface area contributed by atoms with Crippen molar-refractivity contribution in [2.75, 3.05) is 0 Å². The van der Waals surface area contributed by atoms with Crippen molar-refractivity contribution in [3.63, 3.8) is 0 Å². The van der Waals surface area contributed by atoms with E-state index in [2.05, 4.69) is 9.71 Å². The molecule has 1 aromatic heterocycles. The Morgan fingerprint density at radius 2 is 2.24 bits per heavy atom. The smallest absolute Gasteiger partial charge is 0.246 e. The lowest BCUT2D eigenvalue weighted by Crippen LogP contribution is -2.59. The van der Waals surface area contributed by atoms with Crippen molar-refractivity contribution < 1.29 is 9.35 Å². The minimum atomic E-state index is -1.42. The second kappa shape index (κ2) is 5.76. The summed E-state index contributed by atoms with van der Waals surface area (Å²) in [5.74, 6) is -0.537. The maximum Gasteiger partial charge on any atom is 0.246 e. The molecule has 7 heteroatoms. The Bertz CT molecular complexity index is 562. The van der Waals surface area contributed by atoms with Gasteiger partial charge < -0.3 is 10.3 Å². The number of hydrogen-bond donors (Lipinski definition) is 2. The van der Waals surface area contributed by atoms with Gasteiger partial charge in [-0.1, -0.05) is 11.6 Å². The number of halogens is 1. The van der Waals surface area contributed by atoms with Crippen molar-refractivity contribution in [3.05, 3.63) is 28.5 Å². The first-order valence-electron chi connectivity index (χ1n) is 6.81. The first kappa shape index (κ1) is 16.5. The predicted molar refractivity (Wildman–Crippen MR) is 84.1 cm³/mol. The molecule has 2 rings (SSSR count). The lowest BCUT2D eigenvalue weighted by Gasteiger charge is -2.38. The van der Waals surface area contributed by atoms with Crippen molar-refractivity contribution >= 4 is 28.9 Å². The Balaban J connectivity index is 2.48. The van der Waals surface area contributed by atoms with Gasteiger partial charge in [-0.05, 0) is 51.7 Å². The van der Waals surface area contributed by atoms with E-state index < -0.39 is 27.6 Å². The summed E-state index contributed by atoms with van der Waals surface area (Å²) in [6.45, 7) is 5.53. The average molecular weight is 330 g/mol. The molecule has 0 saturated carbocycles. The number of amides is 1. The molecule has 1 amide bonds. The van der Waals surface area contributed by atoms with Crippen LogP contribution in [0.25, 0.3) is 0 Å². The van der Waals surface area contributed by atoms with Gasteiger partial charge in [0.25, 0.3) is 0 Å². The number of rotatable bonds is 3. The Morgan fingerprint density at radius 3 is 2.81 bits per heavy atom. The van der Waals surface area contributed by atoms with Gasteiger partial charge in [-0.15, -0.1) is 4.72 Å². The molecule has 2 atom stereocenters. The van der Waals surface area contributed by atoms with Gasteiger partial charge in [0.2, 0.25) is 5.91 Å². The van der Waals surface area contributed by atoms with E-state index in [-0.39, 0.29) is 0 Å². The molecule has 3 N–H and O–H groups in total. The molecule has 21 heavy (non-hydrogen) atoms. The standard InChI is InChI=1S/C14H20ClN3O2S/c1-13(2,3)21(20)18-14(12(16)19)6-4-5-9-7-11(15)17-8-10(9)14/h7-8,18H,4-6H2,1-3H3,(H2,16,19)/t14?,21-/m0/s1. The molecule has 0 saturated heterocycles. The second-order valence-electron chi connectivity index (χ2n) is 6.27. The summed E-state index contributed by atoms with van der Waals surface area (Å²) < 4.78 is 14.9. The molecule has 5 nitrogen and oxygen atoms in total. The quantitative estimate of drug-likeness (QED) is 0.653. The maximum atomic E-state index is 12.5. The third-order valence-corrected chi connectivity index (χ3v) is 5.51. The number of nitrogens with one attached hydrogen (secondary N) is 1. The summed E-state index contributed by atoms with van der Waals surface area (Å²) in [6.07, 6.45) is 3.63. The van der Waals surface area contributed by atoms with E-state index in [9.17, 15) is 9.35 Å². The van der Waals surface area contributed by atoms with Crippen LogP contribution in [-0.2, 0) is 28.1 Å². The van der Waals surface area contributed by atoms with Gasteiger partial charge in [0, 0.05) is 23.1 Å². The number of carbonyl (C=O) groups is 1. The molecule has 0 radical (unpaired) electrons. The summed E-state index contributed by atoms with van der Waals surface area (Å²) >= 11 is 4.50. The fraction of sp³-hybridized carbons (Fsp3) is 0.571. The van der Waals surface area contributed by atoms with Crippen LogP contribution >= 0.6 is 11.6 Å². The van der Waals surface area contributed by atoms with Crippen LogP contribution < -0.4 is 10.5 Å². The fourth-order valence-corrected chi connectivity index (χ4v) is 3.58. The van der Waals surface area contributed by atoms with Crippen LogP contribution in [0.15, 0.2) is 12.3 Å². The molecule has 116 valence electrons. The van der Waals surface area contributed by atoms with Gasteiger partial charge >= 0.3 is 0 Å². The van der Waals surface area contributed by atoms with Crippen LogP contribution in [0.3, 0.4) is 0 Å². The zero-order valence-electron chi connectivity index (χ0n) is 12.4. The van der Waals surface area contributed by atoms with Gasteiger partial charge in [-0.25, -0.2) is 4.98 Å². The third kappa shape index (κ3) is 3.18. The lowest BCUT2D eigenvalue weighted by atomic mass is 9.77. The van der Waals surface area contributed by atoms with Crippen LogP contribution in [0.1, 0.15) is 44.7 Å². The number of hydrogen-bond acceptors (Lipinski definition) is 4. The first-order chi connectivity index (χ1) is 9.67. The Labute approximate surface area is 133 Å². The summed E-state index contributed by atoms with van der Waals surface area (Å²) in [6, 6.07) is 1.75. The number of fused-ring (bicyclic) bond motifs is 1. The van der Waals surface area contributed by atoms with Crippen molar-refractivity contribution in [1.82, 2.24) is 9.71 Å². The Kier molecular flexibility index (Phi) is 4.54. The van der Waals surface area contributed by atoms with Crippen LogP contribution in [0.2, 0.25) is 5.15 Å². The maximum absolute atomic E-state index is 12.5. The van der Waals surface area contributed by atoms with E-state index >= 15 is 0 Å². The number of aryl methyl sites for hydroxylation is 1. The number of nitrogens with two attached hydrogens (primary N) is 1. The monoisotopic (exact) mass is 329 g/mol. The molecule has 1 aromatic rings. The highest BCUT2D eigenvalue weighted by Gasteiger charge is 2.48. The fourth-order valence-electron chi connectivity index (χ4n) is 2.46. The van der Waals surface area contributed by atoms with Crippen LogP contribution in [0.4, 0.5) is 0 Å². The highest BCUT2D eigenvalue weighted by atomic mass is 35.5. The van der Waals surface area contributed by atoms with Gasteiger partial charge in [0.05, 0.1) is 0 Å². The minimum absolute atomic E-state index is 0.381. The first-order valence-corrected chi connectivity index (χ1v) is 8.34. The second-order valence-corrected chi connectivity index (χ2v) is 8.62. The number of pyridine rings is 1. The summed E-state index contributed by atoms with van der Waals surface area (Å²) in [5.41, 5.74) is 6.11. The van der Waals surface area contributed by atoms with Crippen molar-refractivity contribution in [1.29, 1.82) is 0 Å². The van der Waals surface area contributed by atoms with E-state index in [1.165, 1.54) is 0 Å².